The number of thioether (sulfide) groups is 1. The number of methoxy groups -OCH3 is 2. The predicted octanol–water partition coefficient (Wildman–Crippen LogP) is 1.95. The summed E-state index contributed by atoms with van der Waals surface area (Å²) in [6.07, 6.45) is 3.75. The van der Waals surface area contributed by atoms with Gasteiger partial charge in [-0.1, -0.05) is 0 Å². The largest absolute Gasteiger partial charge is 0.497 e. The molecule has 1 spiro atoms. The van der Waals surface area contributed by atoms with Crippen LogP contribution >= 0.6 is 11.8 Å². The van der Waals surface area contributed by atoms with Crippen LogP contribution in [-0.4, -0.2) is 63.1 Å². The summed E-state index contributed by atoms with van der Waals surface area (Å²) in [6.45, 7) is 2.26. The molecule has 1 atom stereocenters. The minimum Gasteiger partial charge on any atom is -0.497 e. The van der Waals surface area contributed by atoms with Crippen molar-refractivity contribution in [3.8, 4) is 11.5 Å². The first-order valence-corrected chi connectivity index (χ1v) is 11.5. The number of rotatable bonds is 7. The summed E-state index contributed by atoms with van der Waals surface area (Å²) in [5, 5.41) is 3.66. The summed E-state index contributed by atoms with van der Waals surface area (Å²) < 4.78 is 38.2. The van der Waals surface area contributed by atoms with Crippen LogP contribution in [0.4, 0.5) is 0 Å². The fraction of sp³-hybridized carbons (Fsp3) is 0.667. The Hall–Kier alpha value is -0.960. The minimum atomic E-state index is -3.58. The Labute approximate surface area is 159 Å². The Balaban J connectivity index is 1.43. The molecule has 0 amide bonds. The molecule has 0 radical (unpaired) electrons. The van der Waals surface area contributed by atoms with E-state index in [2.05, 4.69) is 5.32 Å². The average Bonchev–Trinajstić information content (AvgIpc) is 3.35. The van der Waals surface area contributed by atoms with Crippen molar-refractivity contribution in [3.05, 3.63) is 18.2 Å². The van der Waals surface area contributed by atoms with Crippen molar-refractivity contribution in [1.82, 2.24) is 9.62 Å². The monoisotopic (exact) mass is 398 g/mol. The molecular weight excluding hydrogens is 372 g/mol. The number of hydrogen-bond acceptors (Lipinski definition) is 6. The predicted molar refractivity (Wildman–Crippen MR) is 103 cm³/mol. The summed E-state index contributed by atoms with van der Waals surface area (Å²) in [4.78, 5) is 0.181. The zero-order valence-electron chi connectivity index (χ0n) is 15.2. The lowest BCUT2D eigenvalue weighted by Gasteiger charge is -2.46. The molecule has 1 saturated carbocycles. The Morgan fingerprint density at radius 2 is 2.04 bits per heavy atom. The van der Waals surface area contributed by atoms with Gasteiger partial charge in [-0.05, 0) is 43.9 Å². The molecule has 3 aliphatic rings. The molecule has 0 bridgehead atoms. The zero-order chi connectivity index (χ0) is 18.4. The Bertz CT molecular complexity index is 773. The van der Waals surface area contributed by atoms with Crippen LogP contribution in [0.25, 0.3) is 0 Å². The van der Waals surface area contributed by atoms with Gasteiger partial charge in [0.1, 0.15) is 16.4 Å². The third-order valence-electron chi connectivity index (χ3n) is 5.52. The summed E-state index contributed by atoms with van der Waals surface area (Å²) >= 11 is 1.92. The van der Waals surface area contributed by atoms with Crippen LogP contribution in [0.2, 0.25) is 0 Å². The van der Waals surface area contributed by atoms with Gasteiger partial charge in [0.15, 0.2) is 0 Å². The summed E-state index contributed by atoms with van der Waals surface area (Å²) in [7, 11) is -0.564. The van der Waals surface area contributed by atoms with Crippen molar-refractivity contribution in [3.63, 3.8) is 0 Å². The maximum atomic E-state index is 13.1. The van der Waals surface area contributed by atoms with E-state index in [1.807, 2.05) is 11.8 Å². The molecule has 1 aromatic rings. The van der Waals surface area contributed by atoms with Gasteiger partial charge in [-0.25, -0.2) is 8.42 Å². The molecule has 144 valence electrons. The van der Waals surface area contributed by atoms with Gasteiger partial charge < -0.3 is 14.8 Å². The smallest absolute Gasteiger partial charge is 0.246 e. The highest BCUT2D eigenvalue weighted by molar-refractivity contribution is 8.01. The van der Waals surface area contributed by atoms with E-state index in [-0.39, 0.29) is 9.64 Å². The molecule has 1 aromatic carbocycles. The Morgan fingerprint density at radius 3 is 2.69 bits per heavy atom. The third kappa shape index (κ3) is 3.44. The van der Waals surface area contributed by atoms with E-state index in [1.165, 1.54) is 27.1 Å². The van der Waals surface area contributed by atoms with Gasteiger partial charge in [-0.2, -0.15) is 16.1 Å². The van der Waals surface area contributed by atoms with Gasteiger partial charge in [0, 0.05) is 35.7 Å². The molecule has 1 aliphatic carbocycles. The van der Waals surface area contributed by atoms with E-state index in [9.17, 15) is 8.42 Å². The maximum absolute atomic E-state index is 13.1. The lowest BCUT2D eigenvalue weighted by molar-refractivity contribution is 0.218. The van der Waals surface area contributed by atoms with Gasteiger partial charge in [-0.15, -0.1) is 0 Å². The van der Waals surface area contributed by atoms with Crippen molar-refractivity contribution < 1.29 is 17.9 Å². The van der Waals surface area contributed by atoms with Gasteiger partial charge in [-0.3, -0.25) is 0 Å². The molecule has 3 fully saturated rings. The van der Waals surface area contributed by atoms with Crippen molar-refractivity contribution >= 4 is 21.8 Å². The Morgan fingerprint density at radius 1 is 1.27 bits per heavy atom. The lowest BCUT2D eigenvalue weighted by atomic mass is 9.94. The molecule has 2 heterocycles. The van der Waals surface area contributed by atoms with E-state index >= 15 is 0 Å². The van der Waals surface area contributed by atoms with Crippen LogP contribution < -0.4 is 14.8 Å². The van der Waals surface area contributed by atoms with E-state index in [4.69, 9.17) is 9.47 Å². The SMILES string of the molecule is COc1ccc(OC)c(S(=O)(=O)N2CC3(CC(NCC4CC4)CS3)C2)c1. The highest BCUT2D eigenvalue weighted by Gasteiger charge is 2.53. The molecule has 26 heavy (non-hydrogen) atoms. The molecule has 1 N–H and O–H groups in total. The average molecular weight is 399 g/mol. The molecule has 6 nitrogen and oxygen atoms in total. The van der Waals surface area contributed by atoms with Crippen molar-refractivity contribution in [2.45, 2.75) is 34.9 Å². The first-order chi connectivity index (χ1) is 12.5. The number of nitrogens with one attached hydrogen (secondary N) is 1. The summed E-state index contributed by atoms with van der Waals surface area (Å²) in [5.74, 6) is 2.81. The van der Waals surface area contributed by atoms with E-state index in [0.29, 0.717) is 30.6 Å². The van der Waals surface area contributed by atoms with Crippen LogP contribution in [0, 0.1) is 5.92 Å². The molecular formula is C18H26N2O4S2. The second-order valence-corrected chi connectivity index (χ2v) is 10.9. The fourth-order valence-electron chi connectivity index (χ4n) is 3.74. The molecule has 8 heteroatoms. The topological polar surface area (TPSA) is 67.9 Å². The molecule has 1 unspecified atom stereocenters. The zero-order valence-corrected chi connectivity index (χ0v) is 16.9. The van der Waals surface area contributed by atoms with Gasteiger partial charge in [0.2, 0.25) is 10.0 Å². The van der Waals surface area contributed by atoms with E-state index < -0.39 is 10.0 Å². The number of benzene rings is 1. The first kappa shape index (κ1) is 18.4. The van der Waals surface area contributed by atoms with Crippen LogP contribution in [-0.2, 0) is 10.0 Å². The highest BCUT2D eigenvalue weighted by Crippen LogP contribution is 2.47. The maximum Gasteiger partial charge on any atom is 0.246 e. The second kappa shape index (κ2) is 6.89. The number of sulfonamides is 1. The Kier molecular flexibility index (Phi) is 4.88. The molecule has 2 aliphatic heterocycles. The van der Waals surface area contributed by atoms with Gasteiger partial charge in [0.05, 0.1) is 14.2 Å². The van der Waals surface area contributed by atoms with Crippen LogP contribution in [0.3, 0.4) is 0 Å². The van der Waals surface area contributed by atoms with Gasteiger partial charge in [0.25, 0.3) is 0 Å². The molecule has 2 saturated heterocycles. The number of hydrogen-bond donors (Lipinski definition) is 1. The fourth-order valence-corrected chi connectivity index (χ4v) is 7.29. The van der Waals surface area contributed by atoms with Crippen molar-refractivity contribution in [1.29, 1.82) is 0 Å². The van der Waals surface area contributed by atoms with E-state index in [0.717, 1.165) is 24.6 Å². The molecule has 4 rings (SSSR count). The van der Waals surface area contributed by atoms with Crippen LogP contribution in [0.15, 0.2) is 23.1 Å². The first-order valence-electron chi connectivity index (χ1n) is 9.05. The highest BCUT2D eigenvalue weighted by atomic mass is 32.2. The van der Waals surface area contributed by atoms with Gasteiger partial charge >= 0.3 is 0 Å². The number of ether oxygens (including phenoxy) is 2. The third-order valence-corrected chi connectivity index (χ3v) is 8.94. The summed E-state index contributed by atoms with van der Waals surface area (Å²) in [5.41, 5.74) is 0. The van der Waals surface area contributed by atoms with E-state index in [1.54, 1.807) is 22.5 Å². The van der Waals surface area contributed by atoms with Crippen molar-refractivity contribution in [2.75, 3.05) is 39.6 Å². The normalized spacial score (nSPS) is 25.2. The minimum absolute atomic E-state index is 0.0698. The summed E-state index contributed by atoms with van der Waals surface area (Å²) in [6, 6.07) is 5.40. The van der Waals surface area contributed by atoms with Crippen LogP contribution in [0.1, 0.15) is 19.3 Å². The molecule has 0 aromatic heterocycles. The van der Waals surface area contributed by atoms with Crippen LogP contribution in [0.5, 0.6) is 11.5 Å². The number of nitrogens with zero attached hydrogens (tertiary/aromatic N) is 1. The van der Waals surface area contributed by atoms with Crippen molar-refractivity contribution in [2.24, 2.45) is 5.92 Å². The second-order valence-electron chi connectivity index (χ2n) is 7.54. The lowest BCUT2D eigenvalue weighted by Crippen LogP contribution is -2.60. The standard InChI is InChI=1S/C18H26N2O4S2/c1-23-15-5-6-16(24-2)17(7-15)26(21,22)20-11-18(12-20)8-14(10-25-18)19-9-13-3-4-13/h5-7,13-14,19H,3-4,8-12H2,1-2H3. The quantitative estimate of drug-likeness (QED) is 0.757.